The van der Waals surface area contributed by atoms with Crippen molar-refractivity contribution in [2.24, 2.45) is 5.41 Å². The zero-order chi connectivity index (χ0) is 13.7. The van der Waals surface area contributed by atoms with Crippen molar-refractivity contribution < 1.29 is 0 Å². The zero-order valence-corrected chi connectivity index (χ0v) is 14.0. The van der Waals surface area contributed by atoms with E-state index in [1.54, 1.807) is 0 Å². The minimum atomic E-state index is 0.0841. The first kappa shape index (κ1) is 13.9. The molecule has 1 aliphatic heterocycles. The summed E-state index contributed by atoms with van der Waals surface area (Å²) in [6.45, 7) is 9.19. The molecule has 2 nitrogen and oxygen atoms in total. The molecule has 2 fully saturated rings. The fraction of sp³-hybridized carbons (Fsp3) is 0.800. The minimum Gasteiger partial charge on any atom is -0.301 e. The van der Waals surface area contributed by atoms with Gasteiger partial charge in [-0.3, -0.25) is 0 Å². The summed E-state index contributed by atoms with van der Waals surface area (Å²) in [6, 6.07) is 0.725. The summed E-state index contributed by atoms with van der Waals surface area (Å²) in [5, 5.41) is 5.31. The normalized spacial score (nSPS) is 30.5. The van der Waals surface area contributed by atoms with Gasteiger partial charge in [0, 0.05) is 16.7 Å². The molecule has 19 heavy (non-hydrogen) atoms. The minimum absolute atomic E-state index is 0.0841. The third-order valence-corrected chi connectivity index (χ3v) is 7.13. The summed E-state index contributed by atoms with van der Waals surface area (Å²) >= 11 is 3.99. The summed E-state index contributed by atoms with van der Waals surface area (Å²) in [4.78, 5) is 6.30. The smallest absolute Gasteiger partial charge is 0.115 e. The molecule has 0 bridgehead atoms. The summed E-state index contributed by atoms with van der Waals surface area (Å²) in [7, 11) is 0. The molecule has 0 spiro atoms. The number of rotatable bonds is 3. The first-order chi connectivity index (χ1) is 8.95. The van der Waals surface area contributed by atoms with Crippen molar-refractivity contribution in [1.82, 2.24) is 10.3 Å². The Bertz CT molecular complexity index is 457. The van der Waals surface area contributed by atoms with Gasteiger partial charge in [-0.15, -0.1) is 11.3 Å². The molecule has 1 saturated heterocycles. The van der Waals surface area contributed by atoms with Gasteiger partial charge in [0.2, 0.25) is 0 Å². The second-order valence-electron chi connectivity index (χ2n) is 6.67. The lowest BCUT2D eigenvalue weighted by Gasteiger charge is -2.49. The Balaban J connectivity index is 2.04. The number of aromatic nitrogens is 1. The molecule has 1 atom stereocenters. The van der Waals surface area contributed by atoms with Crippen molar-refractivity contribution in [2.45, 2.75) is 58.5 Å². The lowest BCUT2D eigenvalue weighted by Crippen LogP contribution is -2.58. The Labute approximate surface area is 124 Å². The second-order valence-corrected chi connectivity index (χ2v) is 8.98. The van der Waals surface area contributed by atoms with Crippen LogP contribution in [0.1, 0.15) is 48.7 Å². The van der Waals surface area contributed by atoms with Crippen LogP contribution < -0.4 is 5.32 Å². The lowest BCUT2D eigenvalue weighted by atomic mass is 9.71. The Morgan fingerprint density at radius 2 is 2.00 bits per heavy atom. The highest BCUT2D eigenvalue weighted by molar-refractivity contribution is 7.99. The van der Waals surface area contributed by atoms with Crippen LogP contribution in [-0.2, 0) is 5.54 Å². The highest BCUT2D eigenvalue weighted by Crippen LogP contribution is 2.51. The predicted molar refractivity (Wildman–Crippen MR) is 85.1 cm³/mol. The van der Waals surface area contributed by atoms with E-state index < -0.39 is 0 Å². The highest BCUT2D eigenvalue weighted by atomic mass is 32.2. The number of aryl methyl sites for hydroxylation is 2. The van der Waals surface area contributed by atoms with Crippen LogP contribution in [0.2, 0.25) is 0 Å². The van der Waals surface area contributed by atoms with Crippen molar-refractivity contribution in [3.05, 3.63) is 15.6 Å². The molecule has 3 rings (SSSR count). The van der Waals surface area contributed by atoms with Gasteiger partial charge < -0.3 is 5.32 Å². The molecule has 0 aromatic carbocycles. The predicted octanol–water partition coefficient (Wildman–Crippen LogP) is 3.87. The standard InChI is InChI=1S/C15H24N2S2/c1-10-11(2)19-13(16-10)15(17-12-5-6-12)9-18-8-7-14(15,3)4/h12,17H,5-9H2,1-4H3. The lowest BCUT2D eigenvalue weighted by molar-refractivity contribution is 0.126. The molecule has 1 aromatic heterocycles. The Morgan fingerprint density at radius 1 is 1.26 bits per heavy atom. The maximum Gasteiger partial charge on any atom is 0.115 e. The van der Waals surface area contributed by atoms with Crippen molar-refractivity contribution in [2.75, 3.05) is 11.5 Å². The summed E-state index contributed by atoms with van der Waals surface area (Å²) < 4.78 is 0. The van der Waals surface area contributed by atoms with Crippen LogP contribution in [-0.4, -0.2) is 22.5 Å². The van der Waals surface area contributed by atoms with Crippen LogP contribution in [0, 0.1) is 19.3 Å². The maximum atomic E-state index is 4.93. The highest BCUT2D eigenvalue weighted by Gasteiger charge is 2.52. The van der Waals surface area contributed by atoms with Gasteiger partial charge in [0.1, 0.15) is 5.01 Å². The van der Waals surface area contributed by atoms with E-state index in [2.05, 4.69) is 44.8 Å². The number of nitrogens with zero attached hydrogens (tertiary/aromatic N) is 1. The van der Waals surface area contributed by atoms with Gasteiger partial charge in [-0.2, -0.15) is 11.8 Å². The monoisotopic (exact) mass is 296 g/mol. The van der Waals surface area contributed by atoms with Gasteiger partial charge in [-0.25, -0.2) is 4.98 Å². The van der Waals surface area contributed by atoms with Gasteiger partial charge in [-0.1, -0.05) is 13.8 Å². The molecule has 1 aliphatic carbocycles. The van der Waals surface area contributed by atoms with Crippen LogP contribution in [0.5, 0.6) is 0 Å². The maximum absolute atomic E-state index is 4.93. The van der Waals surface area contributed by atoms with E-state index in [4.69, 9.17) is 4.98 Å². The van der Waals surface area contributed by atoms with Crippen molar-refractivity contribution in [1.29, 1.82) is 0 Å². The average molecular weight is 297 g/mol. The van der Waals surface area contributed by atoms with E-state index in [9.17, 15) is 0 Å². The first-order valence-electron chi connectivity index (χ1n) is 7.25. The number of thioether (sulfide) groups is 1. The van der Waals surface area contributed by atoms with E-state index >= 15 is 0 Å². The van der Waals surface area contributed by atoms with Crippen LogP contribution in [0.25, 0.3) is 0 Å². The zero-order valence-electron chi connectivity index (χ0n) is 12.4. The van der Waals surface area contributed by atoms with E-state index in [1.807, 2.05) is 11.3 Å². The molecule has 0 radical (unpaired) electrons. The van der Waals surface area contributed by atoms with E-state index in [0.29, 0.717) is 0 Å². The van der Waals surface area contributed by atoms with E-state index in [1.165, 1.54) is 46.3 Å². The van der Waals surface area contributed by atoms with Gasteiger partial charge >= 0.3 is 0 Å². The summed E-state index contributed by atoms with van der Waals surface area (Å²) in [5.74, 6) is 2.45. The number of hydrogen-bond acceptors (Lipinski definition) is 4. The topological polar surface area (TPSA) is 24.9 Å². The largest absolute Gasteiger partial charge is 0.301 e. The second kappa shape index (κ2) is 4.74. The first-order valence-corrected chi connectivity index (χ1v) is 9.22. The van der Waals surface area contributed by atoms with Gasteiger partial charge in [0.25, 0.3) is 0 Å². The van der Waals surface area contributed by atoms with Crippen molar-refractivity contribution in [3.8, 4) is 0 Å². The third-order valence-electron chi connectivity index (χ3n) is 4.77. The van der Waals surface area contributed by atoms with E-state index in [0.717, 1.165) is 6.04 Å². The quantitative estimate of drug-likeness (QED) is 0.916. The van der Waals surface area contributed by atoms with Crippen molar-refractivity contribution in [3.63, 3.8) is 0 Å². The number of nitrogens with one attached hydrogen (secondary N) is 1. The van der Waals surface area contributed by atoms with E-state index in [-0.39, 0.29) is 11.0 Å². The number of hydrogen-bond donors (Lipinski definition) is 1. The van der Waals surface area contributed by atoms with Crippen LogP contribution in [0.3, 0.4) is 0 Å². The summed E-state index contributed by atoms with van der Waals surface area (Å²) in [5.41, 5.74) is 1.58. The molecule has 4 heteroatoms. The van der Waals surface area contributed by atoms with Crippen molar-refractivity contribution >= 4 is 23.1 Å². The molecule has 1 saturated carbocycles. The van der Waals surface area contributed by atoms with Crippen LogP contribution >= 0.6 is 23.1 Å². The Hall–Kier alpha value is -0.0600. The van der Waals surface area contributed by atoms with Gasteiger partial charge in [-0.05, 0) is 44.3 Å². The molecule has 0 amide bonds. The molecule has 106 valence electrons. The average Bonchev–Trinajstić information content (AvgIpc) is 3.08. The molecule has 1 unspecified atom stereocenters. The molecule has 2 heterocycles. The fourth-order valence-corrected chi connectivity index (χ4v) is 5.90. The Kier molecular flexibility index (Phi) is 3.47. The molecule has 1 aromatic rings. The van der Waals surface area contributed by atoms with Gasteiger partial charge in [0.15, 0.2) is 0 Å². The number of thiazole rings is 1. The van der Waals surface area contributed by atoms with Crippen LogP contribution in [0.4, 0.5) is 0 Å². The SMILES string of the molecule is Cc1nc(C2(NC3CC3)CSCCC2(C)C)sc1C. The molecular formula is C15H24N2S2. The fourth-order valence-electron chi connectivity index (χ4n) is 2.84. The molecule has 2 aliphatic rings. The third kappa shape index (κ3) is 2.36. The van der Waals surface area contributed by atoms with Gasteiger partial charge in [0.05, 0.1) is 11.2 Å². The summed E-state index contributed by atoms with van der Waals surface area (Å²) in [6.07, 6.45) is 3.95. The molecular weight excluding hydrogens is 272 g/mol. The Morgan fingerprint density at radius 3 is 2.53 bits per heavy atom. The van der Waals surface area contributed by atoms with Crippen LogP contribution in [0.15, 0.2) is 0 Å². The molecule has 1 N–H and O–H groups in total.